The van der Waals surface area contributed by atoms with Gasteiger partial charge in [0.25, 0.3) is 0 Å². The lowest BCUT2D eigenvalue weighted by Crippen LogP contribution is -2.39. The Labute approximate surface area is 119 Å². The van der Waals surface area contributed by atoms with Crippen molar-refractivity contribution in [2.75, 3.05) is 12.8 Å². The smallest absolute Gasteiger partial charge is 0.0545 e. The van der Waals surface area contributed by atoms with E-state index in [9.17, 15) is 4.21 Å². The largest absolute Gasteiger partial charge is 0.316 e. The molecule has 0 radical (unpaired) electrons. The maximum absolute atomic E-state index is 12.4. The quantitative estimate of drug-likeness (QED) is 0.896. The van der Waals surface area contributed by atoms with Crippen molar-refractivity contribution in [1.82, 2.24) is 5.32 Å². The van der Waals surface area contributed by atoms with Gasteiger partial charge in [0.05, 0.1) is 10.8 Å². The van der Waals surface area contributed by atoms with Crippen molar-refractivity contribution in [2.24, 2.45) is 5.92 Å². The fourth-order valence-corrected chi connectivity index (χ4v) is 4.34. The minimum atomic E-state index is -0.886. The third-order valence-corrected chi connectivity index (χ3v) is 5.66. The first-order chi connectivity index (χ1) is 9.20. The second-order valence-corrected chi connectivity index (χ2v) is 7.11. The normalized spacial score (nSPS) is 20.1. The zero-order valence-electron chi connectivity index (χ0n) is 12.0. The Morgan fingerprint density at radius 2 is 1.84 bits per heavy atom. The molecule has 0 bridgehead atoms. The lowest BCUT2D eigenvalue weighted by Gasteiger charge is -2.29. The summed E-state index contributed by atoms with van der Waals surface area (Å²) in [6.07, 6.45) is 6.61. The van der Waals surface area contributed by atoms with E-state index in [1.165, 1.54) is 37.7 Å². The lowest BCUT2D eigenvalue weighted by atomic mass is 9.84. The summed E-state index contributed by atoms with van der Waals surface area (Å²) in [6, 6.07) is 8.48. The van der Waals surface area contributed by atoms with Crippen molar-refractivity contribution in [1.29, 1.82) is 0 Å². The Kier molecular flexibility index (Phi) is 5.59. The number of aryl methyl sites for hydroxylation is 1. The Bertz CT molecular complexity index is 409. The van der Waals surface area contributed by atoms with Crippen LogP contribution in [0.5, 0.6) is 0 Å². The average Bonchev–Trinajstić information content (AvgIpc) is 2.46. The molecule has 0 aliphatic heterocycles. The summed E-state index contributed by atoms with van der Waals surface area (Å²) < 4.78 is 12.4. The van der Waals surface area contributed by atoms with E-state index < -0.39 is 10.8 Å². The van der Waals surface area contributed by atoms with Gasteiger partial charge in [-0.25, -0.2) is 0 Å². The molecule has 1 aromatic carbocycles. The number of hydrogen-bond donors (Lipinski definition) is 1. The summed E-state index contributed by atoms with van der Waals surface area (Å²) in [5.41, 5.74) is 1.22. The van der Waals surface area contributed by atoms with Crippen LogP contribution >= 0.6 is 0 Å². The van der Waals surface area contributed by atoms with E-state index in [1.54, 1.807) is 0 Å². The van der Waals surface area contributed by atoms with Crippen molar-refractivity contribution >= 4 is 10.8 Å². The van der Waals surface area contributed by atoms with E-state index in [2.05, 4.69) is 12.2 Å². The van der Waals surface area contributed by atoms with Crippen LogP contribution in [0.25, 0.3) is 0 Å². The molecule has 2 rings (SSSR count). The fraction of sp³-hybridized carbons (Fsp3) is 0.625. The van der Waals surface area contributed by atoms with Crippen LogP contribution in [0.4, 0.5) is 0 Å². The van der Waals surface area contributed by atoms with Crippen LogP contribution in [0, 0.1) is 12.8 Å². The molecule has 1 aliphatic carbocycles. The molecule has 1 aliphatic rings. The Morgan fingerprint density at radius 1 is 1.21 bits per heavy atom. The van der Waals surface area contributed by atoms with Crippen molar-refractivity contribution in [3.63, 3.8) is 0 Å². The van der Waals surface area contributed by atoms with Gasteiger partial charge in [-0.15, -0.1) is 0 Å². The second-order valence-electron chi connectivity index (χ2n) is 5.62. The molecule has 2 nitrogen and oxygen atoms in total. The second kappa shape index (κ2) is 7.20. The van der Waals surface area contributed by atoms with E-state index in [0.717, 1.165) is 10.6 Å². The Hall–Kier alpha value is -0.670. The van der Waals surface area contributed by atoms with Gasteiger partial charge >= 0.3 is 0 Å². The molecule has 1 fully saturated rings. The van der Waals surface area contributed by atoms with Crippen molar-refractivity contribution in [3.05, 3.63) is 29.8 Å². The highest BCUT2D eigenvalue weighted by Gasteiger charge is 2.24. The molecule has 0 heterocycles. The van der Waals surface area contributed by atoms with E-state index in [-0.39, 0.29) is 0 Å². The van der Waals surface area contributed by atoms with Gasteiger partial charge in [0, 0.05) is 16.7 Å². The first-order valence-electron chi connectivity index (χ1n) is 7.33. The standard InChI is InChI=1S/C16H25NOS/c1-13-8-10-15(11-9-13)19(18)12-16(17-2)14-6-4-3-5-7-14/h8-11,14,16-17H,3-7,12H2,1-2H3. The summed E-state index contributed by atoms with van der Waals surface area (Å²) in [5.74, 6) is 1.44. The molecule has 1 aromatic rings. The van der Waals surface area contributed by atoms with Gasteiger partial charge in [-0.2, -0.15) is 0 Å². The molecule has 106 valence electrons. The maximum atomic E-state index is 12.4. The Balaban J connectivity index is 1.97. The third-order valence-electron chi connectivity index (χ3n) is 4.20. The maximum Gasteiger partial charge on any atom is 0.0545 e. The topological polar surface area (TPSA) is 29.1 Å². The molecular weight excluding hydrogens is 254 g/mol. The van der Waals surface area contributed by atoms with Gasteiger partial charge in [0.15, 0.2) is 0 Å². The van der Waals surface area contributed by atoms with E-state index in [0.29, 0.717) is 12.0 Å². The van der Waals surface area contributed by atoms with Crippen LogP contribution in [-0.4, -0.2) is 23.1 Å². The molecule has 1 N–H and O–H groups in total. The molecule has 0 saturated heterocycles. The van der Waals surface area contributed by atoms with Crippen LogP contribution < -0.4 is 5.32 Å². The van der Waals surface area contributed by atoms with Crippen LogP contribution in [-0.2, 0) is 10.8 Å². The molecule has 0 spiro atoms. The first kappa shape index (κ1) is 14.7. The van der Waals surface area contributed by atoms with Gasteiger partial charge in [0.2, 0.25) is 0 Å². The zero-order valence-corrected chi connectivity index (χ0v) is 12.8. The summed E-state index contributed by atoms with van der Waals surface area (Å²) in [5, 5.41) is 3.39. The summed E-state index contributed by atoms with van der Waals surface area (Å²) in [4.78, 5) is 0.960. The van der Waals surface area contributed by atoms with E-state index in [1.807, 2.05) is 31.3 Å². The molecule has 1 saturated carbocycles. The van der Waals surface area contributed by atoms with Gasteiger partial charge < -0.3 is 5.32 Å². The van der Waals surface area contributed by atoms with Crippen LogP contribution in [0.15, 0.2) is 29.2 Å². The summed E-state index contributed by atoms with van der Waals surface area (Å²) >= 11 is 0. The van der Waals surface area contributed by atoms with Gasteiger partial charge in [-0.3, -0.25) is 4.21 Å². The molecule has 19 heavy (non-hydrogen) atoms. The molecule has 0 amide bonds. The minimum absolute atomic E-state index is 0.391. The van der Waals surface area contributed by atoms with Gasteiger partial charge in [-0.1, -0.05) is 37.0 Å². The van der Waals surface area contributed by atoms with Crippen molar-refractivity contribution < 1.29 is 4.21 Å². The lowest BCUT2D eigenvalue weighted by molar-refractivity contribution is 0.294. The zero-order chi connectivity index (χ0) is 13.7. The van der Waals surface area contributed by atoms with Crippen molar-refractivity contribution in [3.8, 4) is 0 Å². The highest BCUT2D eigenvalue weighted by atomic mass is 32.2. The fourth-order valence-electron chi connectivity index (χ4n) is 2.94. The number of hydrogen-bond acceptors (Lipinski definition) is 2. The summed E-state index contributed by atoms with van der Waals surface area (Å²) in [6.45, 7) is 2.06. The summed E-state index contributed by atoms with van der Waals surface area (Å²) in [7, 11) is 1.12. The van der Waals surface area contributed by atoms with Crippen LogP contribution in [0.3, 0.4) is 0 Å². The van der Waals surface area contributed by atoms with E-state index >= 15 is 0 Å². The molecular formula is C16H25NOS. The molecule has 2 atom stereocenters. The number of rotatable bonds is 5. The highest BCUT2D eigenvalue weighted by molar-refractivity contribution is 7.85. The van der Waals surface area contributed by atoms with Crippen LogP contribution in [0.1, 0.15) is 37.7 Å². The first-order valence-corrected chi connectivity index (χ1v) is 8.65. The number of nitrogens with one attached hydrogen (secondary N) is 1. The predicted octanol–water partition coefficient (Wildman–Crippen LogP) is 3.27. The monoisotopic (exact) mass is 279 g/mol. The number of benzene rings is 1. The molecule has 0 aromatic heterocycles. The predicted molar refractivity (Wildman–Crippen MR) is 81.9 cm³/mol. The van der Waals surface area contributed by atoms with Crippen LogP contribution in [0.2, 0.25) is 0 Å². The minimum Gasteiger partial charge on any atom is -0.316 e. The molecule has 2 unspecified atom stereocenters. The third kappa shape index (κ3) is 4.15. The SMILES string of the molecule is CNC(CS(=O)c1ccc(C)cc1)C1CCCCC1. The van der Waals surface area contributed by atoms with E-state index in [4.69, 9.17) is 0 Å². The average molecular weight is 279 g/mol. The van der Waals surface area contributed by atoms with Crippen molar-refractivity contribution in [2.45, 2.75) is 50.0 Å². The Morgan fingerprint density at radius 3 is 2.42 bits per heavy atom. The van der Waals surface area contributed by atoms with Gasteiger partial charge in [-0.05, 0) is 44.9 Å². The van der Waals surface area contributed by atoms with Gasteiger partial charge in [0.1, 0.15) is 0 Å². The highest BCUT2D eigenvalue weighted by Crippen LogP contribution is 2.27. The molecule has 3 heteroatoms.